The number of ketones is 1. The number of Topliss-reactive ketones (excluding diaryl/α,β-unsaturated/α-hetero) is 1. The average Bonchev–Trinajstić information content (AvgIpc) is 3.08. The Morgan fingerprint density at radius 2 is 1.53 bits per heavy atom. The first-order valence-electron chi connectivity index (χ1n) is 18.5. The standard InChI is InChI=1S/C40H54N4O7/c1-39(2,3)31(24-35(47)50-7)37(48)43-44(25-28-17-19-29(20-18-28)32-16-12-13-21-41-32)26-34(46)30(22-27-14-10-9-11-15-27)23-33(45)36(40(4,5)6)42-38(49)51-8/h9-21,30-31,34,36,46H,22-26H2,1-8H3,(H,42,49)(H,43,48)/t30-,31-,34+,36-/m1/s1/i7D3. The van der Waals surface area contributed by atoms with Crippen LogP contribution in [0.2, 0.25) is 0 Å². The minimum atomic E-state index is -2.96. The van der Waals surface area contributed by atoms with E-state index >= 15 is 0 Å². The normalized spacial score (nSPS) is 15.3. The molecule has 2 amide bonds. The number of aliphatic hydroxyl groups excluding tert-OH is 1. The van der Waals surface area contributed by atoms with E-state index in [1.165, 1.54) is 12.1 Å². The Hall–Kier alpha value is -4.61. The van der Waals surface area contributed by atoms with E-state index in [4.69, 9.17) is 8.85 Å². The lowest BCUT2D eigenvalue weighted by Crippen LogP contribution is -2.52. The fourth-order valence-electron chi connectivity index (χ4n) is 5.89. The maximum Gasteiger partial charge on any atom is 0.407 e. The number of hydrazine groups is 1. The van der Waals surface area contributed by atoms with Gasteiger partial charge in [0.1, 0.15) is 0 Å². The number of rotatable bonds is 16. The zero-order chi connectivity index (χ0) is 40.3. The maximum absolute atomic E-state index is 14.0. The van der Waals surface area contributed by atoms with Crippen LogP contribution in [0.15, 0.2) is 79.0 Å². The summed E-state index contributed by atoms with van der Waals surface area (Å²) >= 11 is 0. The first-order valence-corrected chi connectivity index (χ1v) is 17.0. The number of esters is 1. The Morgan fingerprint density at radius 3 is 2.10 bits per heavy atom. The number of aromatic nitrogens is 1. The number of carbonyl (C=O) groups is 4. The lowest BCUT2D eigenvalue weighted by atomic mass is 9.78. The highest BCUT2D eigenvalue weighted by Crippen LogP contribution is 2.30. The Labute approximate surface area is 306 Å². The molecule has 276 valence electrons. The van der Waals surface area contributed by atoms with Gasteiger partial charge in [0, 0.05) is 31.3 Å². The molecule has 0 unspecified atom stereocenters. The second-order valence-electron chi connectivity index (χ2n) is 15.0. The van der Waals surface area contributed by atoms with Crippen molar-refractivity contribution < 1.29 is 37.9 Å². The van der Waals surface area contributed by atoms with E-state index in [2.05, 4.69) is 20.5 Å². The molecule has 0 aliphatic carbocycles. The number of methoxy groups -OCH3 is 2. The van der Waals surface area contributed by atoms with Gasteiger partial charge in [-0.2, -0.15) is 0 Å². The lowest BCUT2D eigenvalue weighted by Gasteiger charge is -2.35. The van der Waals surface area contributed by atoms with Crippen molar-refractivity contribution in [2.75, 3.05) is 20.7 Å². The summed E-state index contributed by atoms with van der Waals surface area (Å²) in [4.78, 5) is 57.1. The molecular weight excluding hydrogens is 648 g/mol. The van der Waals surface area contributed by atoms with Crippen molar-refractivity contribution in [2.45, 2.75) is 79.5 Å². The van der Waals surface area contributed by atoms with Crippen molar-refractivity contribution in [3.8, 4) is 11.3 Å². The van der Waals surface area contributed by atoms with Gasteiger partial charge < -0.3 is 19.9 Å². The smallest absolute Gasteiger partial charge is 0.407 e. The molecule has 3 N–H and O–H groups in total. The van der Waals surface area contributed by atoms with Crippen molar-refractivity contribution in [1.29, 1.82) is 0 Å². The number of alkyl carbamates (subject to hydrolysis) is 1. The van der Waals surface area contributed by atoms with E-state index in [1.807, 2.05) is 93.6 Å². The van der Waals surface area contributed by atoms with Gasteiger partial charge in [-0.3, -0.25) is 24.8 Å². The molecule has 1 aromatic heterocycles. The number of hydrogen-bond acceptors (Lipinski definition) is 9. The van der Waals surface area contributed by atoms with Gasteiger partial charge in [-0.1, -0.05) is 102 Å². The van der Waals surface area contributed by atoms with Crippen LogP contribution < -0.4 is 10.7 Å². The van der Waals surface area contributed by atoms with Crippen molar-refractivity contribution in [2.24, 2.45) is 22.7 Å². The molecule has 51 heavy (non-hydrogen) atoms. The third-order valence-corrected chi connectivity index (χ3v) is 8.79. The summed E-state index contributed by atoms with van der Waals surface area (Å²) in [6, 6.07) is 21.6. The molecule has 0 saturated carbocycles. The van der Waals surface area contributed by atoms with Crippen LogP contribution in [0.1, 0.15) is 69.6 Å². The van der Waals surface area contributed by atoms with E-state index in [-0.39, 0.29) is 25.3 Å². The van der Waals surface area contributed by atoms with Crippen LogP contribution >= 0.6 is 0 Å². The fraction of sp³-hybridized carbons (Fsp3) is 0.475. The molecule has 4 atom stereocenters. The highest BCUT2D eigenvalue weighted by molar-refractivity contribution is 5.88. The molecule has 0 bridgehead atoms. The molecule has 2 aromatic carbocycles. The Bertz CT molecular complexity index is 1680. The largest absolute Gasteiger partial charge is 0.469 e. The van der Waals surface area contributed by atoms with Crippen LogP contribution in [0.4, 0.5) is 4.79 Å². The summed E-state index contributed by atoms with van der Waals surface area (Å²) < 4.78 is 31.3. The third-order valence-electron chi connectivity index (χ3n) is 8.79. The molecule has 0 radical (unpaired) electrons. The van der Waals surface area contributed by atoms with E-state index in [0.717, 1.165) is 22.4 Å². The van der Waals surface area contributed by atoms with E-state index in [0.29, 0.717) is 6.42 Å². The van der Waals surface area contributed by atoms with E-state index < -0.39 is 66.2 Å². The summed E-state index contributed by atoms with van der Waals surface area (Å²) in [7, 11) is -1.74. The predicted molar refractivity (Wildman–Crippen MR) is 196 cm³/mol. The quantitative estimate of drug-likeness (QED) is 0.125. The second-order valence-corrected chi connectivity index (χ2v) is 15.0. The van der Waals surface area contributed by atoms with Gasteiger partial charge in [-0.25, -0.2) is 9.80 Å². The number of hydrogen-bond donors (Lipinski definition) is 3. The number of nitrogens with one attached hydrogen (secondary N) is 2. The molecule has 0 spiro atoms. The molecule has 11 nitrogen and oxygen atoms in total. The number of amides is 2. The first-order chi connectivity index (χ1) is 25.2. The summed E-state index contributed by atoms with van der Waals surface area (Å²) in [5.41, 5.74) is 4.75. The molecule has 0 saturated heterocycles. The summed E-state index contributed by atoms with van der Waals surface area (Å²) in [6.07, 6.45) is -0.497. The Kier molecular flexibility index (Phi) is 13.2. The molecule has 11 heteroatoms. The van der Waals surface area contributed by atoms with Crippen LogP contribution in [0.25, 0.3) is 11.3 Å². The van der Waals surface area contributed by atoms with Gasteiger partial charge in [-0.15, -0.1) is 0 Å². The predicted octanol–water partition coefficient (Wildman–Crippen LogP) is 5.76. The third kappa shape index (κ3) is 12.9. The number of aliphatic hydroxyl groups is 1. The molecule has 3 rings (SSSR count). The highest BCUT2D eigenvalue weighted by Gasteiger charge is 2.37. The molecule has 0 fully saturated rings. The van der Waals surface area contributed by atoms with E-state index in [1.54, 1.807) is 27.0 Å². The first kappa shape index (κ1) is 36.2. The van der Waals surface area contributed by atoms with Crippen LogP contribution in [0, 0.1) is 22.7 Å². The van der Waals surface area contributed by atoms with Crippen molar-refractivity contribution in [3.05, 3.63) is 90.1 Å². The molecule has 0 aliphatic heterocycles. The minimum Gasteiger partial charge on any atom is -0.469 e. The number of pyridine rings is 1. The van der Waals surface area contributed by atoms with Crippen molar-refractivity contribution in [1.82, 2.24) is 20.7 Å². The van der Waals surface area contributed by atoms with Gasteiger partial charge in [0.25, 0.3) is 0 Å². The topological polar surface area (TPSA) is 147 Å². The summed E-state index contributed by atoms with van der Waals surface area (Å²) in [5, 5.41) is 16.1. The highest BCUT2D eigenvalue weighted by atomic mass is 16.5. The molecular formula is C40H54N4O7. The molecule has 1 heterocycles. The Morgan fingerprint density at radius 1 is 0.863 bits per heavy atom. The zero-order valence-electron chi connectivity index (χ0n) is 33.6. The molecule has 0 aliphatic rings. The van der Waals surface area contributed by atoms with Crippen LogP contribution in [-0.2, 0) is 36.8 Å². The monoisotopic (exact) mass is 705 g/mol. The van der Waals surface area contributed by atoms with Gasteiger partial charge in [0.15, 0.2) is 5.78 Å². The number of ether oxygens (including phenoxy) is 2. The SMILES string of the molecule is [2H]C([2H])([2H])OC(=O)C[C@H](C(=O)NN(Cc1ccc(-c2ccccn2)cc1)C[C@H](O)[C@@H](CC(=O)[C@@H](NC(=O)OC)C(C)(C)C)Cc1ccccc1)C(C)(C)C. The minimum absolute atomic E-state index is 0.103. The van der Waals surface area contributed by atoms with Gasteiger partial charge in [0.05, 0.1) is 48.4 Å². The second kappa shape index (κ2) is 18.6. The van der Waals surface area contributed by atoms with Crippen LogP contribution in [0.5, 0.6) is 0 Å². The van der Waals surface area contributed by atoms with Crippen LogP contribution in [-0.4, -0.2) is 71.7 Å². The number of carbonyl (C=O) groups excluding carboxylic acids is 4. The van der Waals surface area contributed by atoms with Gasteiger partial charge in [0.2, 0.25) is 5.91 Å². The Balaban J connectivity index is 1.97. The average molecular weight is 706 g/mol. The number of nitrogens with zero attached hydrogens (tertiary/aromatic N) is 2. The summed E-state index contributed by atoms with van der Waals surface area (Å²) in [6.45, 7) is 10.7. The van der Waals surface area contributed by atoms with E-state index in [9.17, 15) is 24.3 Å². The van der Waals surface area contributed by atoms with Crippen LogP contribution in [0.3, 0.4) is 0 Å². The van der Waals surface area contributed by atoms with Crippen molar-refractivity contribution in [3.63, 3.8) is 0 Å². The molecule has 3 aromatic rings. The maximum atomic E-state index is 14.0. The lowest BCUT2D eigenvalue weighted by molar-refractivity contribution is -0.148. The van der Waals surface area contributed by atoms with Gasteiger partial charge >= 0.3 is 12.1 Å². The summed E-state index contributed by atoms with van der Waals surface area (Å²) in [5.74, 6) is -3.57. The number of benzene rings is 2. The fourth-order valence-corrected chi connectivity index (χ4v) is 5.89. The zero-order valence-corrected chi connectivity index (χ0v) is 30.6. The van der Waals surface area contributed by atoms with Crippen molar-refractivity contribution >= 4 is 23.8 Å². The van der Waals surface area contributed by atoms with Gasteiger partial charge in [-0.05, 0) is 46.4 Å².